The number of benzene rings is 2. The lowest BCUT2D eigenvalue weighted by molar-refractivity contribution is 0.422. The third-order valence-electron chi connectivity index (χ3n) is 5.79. The Hall–Kier alpha value is -4.76. The van der Waals surface area contributed by atoms with Gasteiger partial charge in [0.25, 0.3) is 0 Å². The molecule has 0 saturated carbocycles. The molecular weight excluding hydrogens is 536 g/mol. The Morgan fingerprint density at radius 2 is 1.82 bits per heavy atom. The number of nitriles is 1. The quantitative estimate of drug-likeness (QED) is 0.178. The lowest BCUT2D eigenvalue weighted by Gasteiger charge is -2.20. The van der Waals surface area contributed by atoms with Gasteiger partial charge in [0.15, 0.2) is 5.82 Å². The molecule has 3 aromatic heterocycles. The van der Waals surface area contributed by atoms with Crippen LogP contribution in [0.2, 0.25) is 5.02 Å². The average Bonchev–Trinajstić information content (AvgIpc) is 3.39. The molecule has 0 saturated heterocycles. The van der Waals surface area contributed by atoms with E-state index in [0.29, 0.717) is 27.8 Å². The molecule has 0 amide bonds. The van der Waals surface area contributed by atoms with Crippen LogP contribution in [0.4, 0.5) is 34.6 Å². The van der Waals surface area contributed by atoms with Gasteiger partial charge in [0.05, 0.1) is 52.5 Å². The summed E-state index contributed by atoms with van der Waals surface area (Å²) in [7, 11) is 0. The van der Waals surface area contributed by atoms with Gasteiger partial charge in [0.2, 0.25) is 5.95 Å². The van der Waals surface area contributed by atoms with Gasteiger partial charge in [-0.15, -0.1) is 5.10 Å². The zero-order valence-corrected chi connectivity index (χ0v) is 20.6. The number of anilines is 3. The standard InChI is InChI=1S/C26H17ClF4N8/c27-20-8-17(35-24(14-1-3-16(29)4-2-14)22-13-39(6-5-28)38-37-22)7-19-23(15(10-32)11-33-25(19)20)36-18-9-21(30)26(31)34-12-18/h1-4,7-9,11-13,24,35H,5-6H2,(H,33,36). The highest BCUT2D eigenvalue weighted by molar-refractivity contribution is 6.36. The van der Waals surface area contributed by atoms with Gasteiger partial charge in [-0.1, -0.05) is 28.9 Å². The molecular formula is C26H17ClF4N8. The van der Waals surface area contributed by atoms with Gasteiger partial charge in [-0.3, -0.25) is 4.98 Å². The van der Waals surface area contributed by atoms with Gasteiger partial charge in [0.1, 0.15) is 24.3 Å². The van der Waals surface area contributed by atoms with Crippen LogP contribution < -0.4 is 10.6 Å². The van der Waals surface area contributed by atoms with Crippen molar-refractivity contribution < 1.29 is 17.6 Å². The second-order valence-corrected chi connectivity index (χ2v) is 8.77. The molecule has 0 spiro atoms. The first-order valence-electron chi connectivity index (χ1n) is 11.4. The van der Waals surface area contributed by atoms with Crippen LogP contribution in [0.3, 0.4) is 0 Å². The molecule has 1 unspecified atom stereocenters. The molecule has 0 aliphatic rings. The third-order valence-corrected chi connectivity index (χ3v) is 6.08. The first-order valence-corrected chi connectivity index (χ1v) is 11.8. The van der Waals surface area contributed by atoms with E-state index in [9.17, 15) is 22.8 Å². The van der Waals surface area contributed by atoms with E-state index in [-0.39, 0.29) is 28.5 Å². The van der Waals surface area contributed by atoms with Gasteiger partial charge in [-0.2, -0.15) is 9.65 Å². The summed E-state index contributed by atoms with van der Waals surface area (Å²) < 4.78 is 55.0. The number of hydrogen-bond donors (Lipinski definition) is 2. The monoisotopic (exact) mass is 552 g/mol. The molecule has 0 aliphatic carbocycles. The summed E-state index contributed by atoms with van der Waals surface area (Å²) in [6.45, 7) is -0.614. The fourth-order valence-corrected chi connectivity index (χ4v) is 4.26. The summed E-state index contributed by atoms with van der Waals surface area (Å²) in [5.41, 5.74) is 2.33. The number of pyridine rings is 2. The van der Waals surface area contributed by atoms with Crippen LogP contribution in [0.1, 0.15) is 22.9 Å². The lowest BCUT2D eigenvalue weighted by Crippen LogP contribution is -2.13. The fraction of sp³-hybridized carbons (Fsp3) is 0.115. The fourth-order valence-electron chi connectivity index (χ4n) is 3.99. The molecule has 1 atom stereocenters. The summed E-state index contributed by atoms with van der Waals surface area (Å²) >= 11 is 6.56. The number of hydrogen-bond acceptors (Lipinski definition) is 7. The Balaban J connectivity index is 1.60. The number of rotatable bonds is 8. The maximum absolute atomic E-state index is 13.8. The first-order chi connectivity index (χ1) is 18.9. The van der Waals surface area contributed by atoms with Crippen LogP contribution >= 0.6 is 11.6 Å². The summed E-state index contributed by atoms with van der Waals surface area (Å²) in [5.74, 6) is -2.85. The summed E-state index contributed by atoms with van der Waals surface area (Å²) in [6, 6.07) is 11.3. The molecule has 196 valence electrons. The normalized spacial score (nSPS) is 11.8. The Kier molecular flexibility index (Phi) is 7.25. The number of halogens is 5. The second kappa shape index (κ2) is 10.9. The minimum atomic E-state index is -1.26. The smallest absolute Gasteiger partial charge is 0.249 e. The first kappa shape index (κ1) is 25.9. The average molecular weight is 553 g/mol. The van der Waals surface area contributed by atoms with Crippen molar-refractivity contribution in [3.05, 3.63) is 100 Å². The number of alkyl halides is 1. The maximum atomic E-state index is 13.8. The van der Waals surface area contributed by atoms with Crippen molar-refractivity contribution in [1.29, 1.82) is 5.26 Å². The highest BCUT2D eigenvalue weighted by atomic mass is 35.5. The van der Waals surface area contributed by atoms with E-state index in [1.807, 2.05) is 6.07 Å². The third kappa shape index (κ3) is 5.44. The van der Waals surface area contributed by atoms with Crippen molar-refractivity contribution in [3.63, 3.8) is 0 Å². The zero-order chi connectivity index (χ0) is 27.5. The molecule has 8 nitrogen and oxygen atoms in total. The predicted octanol–water partition coefficient (Wildman–Crippen LogP) is 6.08. The zero-order valence-electron chi connectivity index (χ0n) is 19.8. The van der Waals surface area contributed by atoms with E-state index < -0.39 is 30.3 Å². The highest BCUT2D eigenvalue weighted by Crippen LogP contribution is 2.36. The minimum Gasteiger partial charge on any atom is -0.373 e. The Bertz CT molecular complexity index is 1700. The molecule has 3 heterocycles. The van der Waals surface area contributed by atoms with Crippen LogP contribution in [0.25, 0.3) is 10.9 Å². The van der Waals surface area contributed by atoms with E-state index >= 15 is 0 Å². The Morgan fingerprint density at radius 1 is 1.03 bits per heavy atom. The van der Waals surface area contributed by atoms with Crippen molar-refractivity contribution in [2.45, 2.75) is 12.6 Å². The summed E-state index contributed by atoms with van der Waals surface area (Å²) in [4.78, 5) is 7.65. The lowest BCUT2D eigenvalue weighted by atomic mass is 10.0. The van der Waals surface area contributed by atoms with E-state index in [1.165, 1.54) is 23.0 Å². The summed E-state index contributed by atoms with van der Waals surface area (Å²) in [5, 5.41) is 24.6. The molecule has 39 heavy (non-hydrogen) atoms. The van der Waals surface area contributed by atoms with Crippen molar-refractivity contribution in [2.24, 2.45) is 0 Å². The van der Waals surface area contributed by atoms with E-state index in [4.69, 9.17) is 11.6 Å². The van der Waals surface area contributed by atoms with Gasteiger partial charge < -0.3 is 10.6 Å². The SMILES string of the molecule is N#Cc1cnc2c(Cl)cc(NC(c3ccc(F)cc3)c3cn(CCF)nn3)cc2c1Nc1cnc(F)c(F)c1. The molecule has 5 aromatic rings. The maximum Gasteiger partial charge on any atom is 0.249 e. The van der Waals surface area contributed by atoms with Gasteiger partial charge in [-0.05, 0) is 29.8 Å². The van der Waals surface area contributed by atoms with Crippen LogP contribution in [0.15, 0.2) is 61.1 Å². The highest BCUT2D eigenvalue weighted by Gasteiger charge is 2.20. The van der Waals surface area contributed by atoms with E-state index in [1.54, 1.807) is 30.5 Å². The van der Waals surface area contributed by atoms with Crippen LogP contribution in [-0.2, 0) is 6.54 Å². The molecule has 2 N–H and O–H groups in total. The number of nitrogens with zero attached hydrogens (tertiary/aromatic N) is 6. The van der Waals surface area contributed by atoms with Crippen LogP contribution in [0, 0.1) is 28.9 Å². The molecule has 0 bridgehead atoms. The van der Waals surface area contributed by atoms with Crippen molar-refractivity contribution in [2.75, 3.05) is 17.3 Å². The largest absolute Gasteiger partial charge is 0.373 e. The van der Waals surface area contributed by atoms with Crippen LogP contribution in [-0.4, -0.2) is 31.6 Å². The number of aryl methyl sites for hydroxylation is 1. The molecule has 0 fully saturated rings. The topological polar surface area (TPSA) is 104 Å². The second-order valence-electron chi connectivity index (χ2n) is 8.36. The number of aromatic nitrogens is 5. The van der Waals surface area contributed by atoms with Crippen LogP contribution in [0.5, 0.6) is 0 Å². The molecule has 5 rings (SSSR count). The molecule has 2 aromatic carbocycles. The van der Waals surface area contributed by atoms with E-state index in [0.717, 1.165) is 12.3 Å². The van der Waals surface area contributed by atoms with Gasteiger partial charge in [-0.25, -0.2) is 22.8 Å². The van der Waals surface area contributed by atoms with Crippen molar-refractivity contribution >= 4 is 39.6 Å². The predicted molar refractivity (Wildman–Crippen MR) is 137 cm³/mol. The van der Waals surface area contributed by atoms with Gasteiger partial charge in [0, 0.05) is 23.3 Å². The van der Waals surface area contributed by atoms with Gasteiger partial charge >= 0.3 is 0 Å². The van der Waals surface area contributed by atoms with Crippen molar-refractivity contribution in [3.8, 4) is 6.07 Å². The summed E-state index contributed by atoms with van der Waals surface area (Å²) in [6.07, 6.45) is 3.96. The molecule has 0 aliphatic heterocycles. The van der Waals surface area contributed by atoms with E-state index in [2.05, 4.69) is 30.9 Å². The Labute approximate surface area is 223 Å². The van der Waals surface area contributed by atoms with Crippen molar-refractivity contribution in [1.82, 2.24) is 25.0 Å². The Morgan fingerprint density at radius 3 is 2.54 bits per heavy atom. The number of fused-ring (bicyclic) bond motifs is 1. The molecule has 13 heteroatoms. The number of nitrogens with one attached hydrogen (secondary N) is 2. The molecule has 0 radical (unpaired) electrons. The minimum absolute atomic E-state index is 0.0153.